The van der Waals surface area contributed by atoms with E-state index in [1.165, 1.54) is 0 Å². The molecule has 1 aliphatic rings. The third-order valence-corrected chi connectivity index (χ3v) is 4.99. The molecule has 1 heterocycles. The number of sulfone groups is 1. The topological polar surface area (TPSA) is 118 Å². The number of carboxylic acids is 1. The lowest BCUT2D eigenvalue weighted by Gasteiger charge is -2.30. The highest BCUT2D eigenvalue weighted by Gasteiger charge is 2.37. The van der Waals surface area contributed by atoms with Crippen LogP contribution in [0.5, 0.6) is 0 Å². The zero-order chi connectivity index (χ0) is 14.8. The van der Waals surface area contributed by atoms with Gasteiger partial charge in [0.1, 0.15) is 6.54 Å². The lowest BCUT2D eigenvalue weighted by molar-refractivity contribution is -0.147. The normalized spacial score (nSPS) is 23.3. The summed E-state index contributed by atoms with van der Waals surface area (Å²) in [4.78, 5) is 24.1. The average molecular weight is 292 g/mol. The zero-order valence-electron chi connectivity index (χ0n) is 11.1. The van der Waals surface area contributed by atoms with Gasteiger partial charge < -0.3 is 15.7 Å². The van der Waals surface area contributed by atoms with Gasteiger partial charge in [0.05, 0.1) is 17.5 Å². The summed E-state index contributed by atoms with van der Waals surface area (Å²) in [5, 5.41) is 8.86. The number of hydrogen-bond donors (Lipinski definition) is 2. The van der Waals surface area contributed by atoms with Crippen LogP contribution in [0, 0.1) is 5.92 Å². The van der Waals surface area contributed by atoms with E-state index in [0.717, 1.165) is 4.90 Å². The Labute approximate surface area is 112 Å². The summed E-state index contributed by atoms with van der Waals surface area (Å²) in [6.07, 6.45) is 0.270. The number of carboxylic acid groups (broad SMARTS) is 1. The maximum absolute atomic E-state index is 12.2. The molecule has 0 aromatic carbocycles. The minimum absolute atomic E-state index is 0.0159. The van der Waals surface area contributed by atoms with E-state index < -0.39 is 40.3 Å². The molecule has 1 saturated heterocycles. The predicted octanol–water partition coefficient (Wildman–Crippen LogP) is -0.930. The van der Waals surface area contributed by atoms with Crippen LogP contribution in [0.2, 0.25) is 0 Å². The van der Waals surface area contributed by atoms with Gasteiger partial charge in [-0.3, -0.25) is 9.59 Å². The van der Waals surface area contributed by atoms with Gasteiger partial charge in [0.2, 0.25) is 5.91 Å². The summed E-state index contributed by atoms with van der Waals surface area (Å²) < 4.78 is 22.9. The molecule has 7 nitrogen and oxygen atoms in total. The first-order chi connectivity index (χ1) is 8.64. The van der Waals surface area contributed by atoms with Crippen LogP contribution in [0.3, 0.4) is 0 Å². The molecular weight excluding hydrogens is 272 g/mol. The number of aliphatic carboxylic acids is 1. The first kappa shape index (κ1) is 15.9. The van der Waals surface area contributed by atoms with E-state index in [1.807, 2.05) is 0 Å². The third kappa shape index (κ3) is 4.17. The van der Waals surface area contributed by atoms with Crippen LogP contribution in [0.15, 0.2) is 0 Å². The standard InChI is InChI=1S/C11H20N2O5S/c1-7(2)10(12)11(16)13(5-9(14)15)8-3-4-19(17,18)6-8/h7-8,10H,3-6,12H2,1-2H3,(H,14,15). The monoisotopic (exact) mass is 292 g/mol. The van der Waals surface area contributed by atoms with Gasteiger partial charge in [-0.1, -0.05) is 13.8 Å². The molecule has 0 aromatic rings. The second-order valence-electron chi connectivity index (χ2n) is 5.19. The quantitative estimate of drug-likeness (QED) is 0.676. The zero-order valence-corrected chi connectivity index (χ0v) is 11.9. The molecular formula is C11H20N2O5S. The van der Waals surface area contributed by atoms with Crippen LogP contribution in [0.25, 0.3) is 0 Å². The van der Waals surface area contributed by atoms with Crippen LogP contribution in [0.4, 0.5) is 0 Å². The van der Waals surface area contributed by atoms with Crippen LogP contribution < -0.4 is 5.73 Å². The Morgan fingerprint density at radius 2 is 2.00 bits per heavy atom. The predicted molar refractivity (Wildman–Crippen MR) is 69.2 cm³/mol. The number of carbonyl (C=O) groups is 2. The Balaban J connectivity index is 2.89. The summed E-state index contributed by atoms with van der Waals surface area (Å²) >= 11 is 0. The highest BCUT2D eigenvalue weighted by Crippen LogP contribution is 2.19. The van der Waals surface area contributed by atoms with Crippen LogP contribution >= 0.6 is 0 Å². The number of amides is 1. The minimum Gasteiger partial charge on any atom is -0.480 e. The smallest absolute Gasteiger partial charge is 0.323 e. The molecule has 0 saturated carbocycles. The van der Waals surface area contributed by atoms with Crippen LogP contribution in [-0.2, 0) is 19.4 Å². The fourth-order valence-corrected chi connectivity index (χ4v) is 3.76. The van der Waals surface area contributed by atoms with E-state index >= 15 is 0 Å². The molecule has 1 amide bonds. The molecule has 8 heteroatoms. The summed E-state index contributed by atoms with van der Waals surface area (Å²) in [6.45, 7) is 3.00. The fourth-order valence-electron chi connectivity index (χ4n) is 2.03. The van der Waals surface area contributed by atoms with Gasteiger partial charge >= 0.3 is 5.97 Å². The highest BCUT2D eigenvalue weighted by molar-refractivity contribution is 7.91. The van der Waals surface area contributed by atoms with Crippen molar-refractivity contribution >= 4 is 21.7 Å². The van der Waals surface area contributed by atoms with Gasteiger partial charge in [0, 0.05) is 6.04 Å². The largest absolute Gasteiger partial charge is 0.480 e. The Bertz CT molecular complexity index is 460. The van der Waals surface area contributed by atoms with Gasteiger partial charge in [-0.2, -0.15) is 0 Å². The van der Waals surface area contributed by atoms with E-state index in [2.05, 4.69) is 0 Å². The molecule has 110 valence electrons. The summed E-state index contributed by atoms with van der Waals surface area (Å²) in [7, 11) is -3.18. The van der Waals surface area contributed by atoms with E-state index in [4.69, 9.17) is 10.8 Å². The first-order valence-corrected chi connectivity index (χ1v) is 7.94. The van der Waals surface area contributed by atoms with E-state index in [0.29, 0.717) is 0 Å². The van der Waals surface area contributed by atoms with Crippen molar-refractivity contribution in [3.63, 3.8) is 0 Å². The molecule has 1 fully saturated rings. The maximum Gasteiger partial charge on any atom is 0.323 e. The Morgan fingerprint density at radius 3 is 2.37 bits per heavy atom. The summed E-state index contributed by atoms with van der Waals surface area (Å²) in [6, 6.07) is -1.40. The minimum atomic E-state index is -3.18. The van der Waals surface area contributed by atoms with Gasteiger partial charge in [-0.15, -0.1) is 0 Å². The average Bonchev–Trinajstić information content (AvgIpc) is 2.64. The molecule has 0 aromatic heterocycles. The maximum atomic E-state index is 12.2. The van der Waals surface area contributed by atoms with Crippen LogP contribution in [-0.4, -0.2) is 60.4 Å². The van der Waals surface area contributed by atoms with Crippen molar-refractivity contribution in [3.05, 3.63) is 0 Å². The molecule has 19 heavy (non-hydrogen) atoms. The fraction of sp³-hybridized carbons (Fsp3) is 0.818. The van der Waals surface area contributed by atoms with Gasteiger partial charge in [-0.05, 0) is 12.3 Å². The summed E-state index contributed by atoms with van der Waals surface area (Å²) in [5.41, 5.74) is 5.74. The lowest BCUT2D eigenvalue weighted by Crippen LogP contribution is -2.52. The molecule has 2 unspecified atom stereocenters. The van der Waals surface area contributed by atoms with Crippen molar-refractivity contribution in [3.8, 4) is 0 Å². The summed E-state index contributed by atoms with van der Waals surface area (Å²) in [5.74, 6) is -2.01. The van der Waals surface area contributed by atoms with Crippen molar-refractivity contribution in [2.24, 2.45) is 11.7 Å². The van der Waals surface area contributed by atoms with Gasteiger partial charge in [-0.25, -0.2) is 8.42 Å². The molecule has 1 rings (SSSR count). The van der Waals surface area contributed by atoms with E-state index in [9.17, 15) is 18.0 Å². The van der Waals surface area contributed by atoms with Crippen molar-refractivity contribution < 1.29 is 23.1 Å². The molecule has 1 aliphatic heterocycles. The van der Waals surface area contributed by atoms with Crippen molar-refractivity contribution in [1.82, 2.24) is 4.90 Å². The molecule has 0 radical (unpaired) electrons. The number of rotatable bonds is 5. The van der Waals surface area contributed by atoms with Gasteiger partial charge in [0.25, 0.3) is 0 Å². The Morgan fingerprint density at radius 1 is 1.42 bits per heavy atom. The molecule has 2 atom stereocenters. The van der Waals surface area contributed by atoms with Crippen molar-refractivity contribution in [1.29, 1.82) is 0 Å². The van der Waals surface area contributed by atoms with E-state index in [1.54, 1.807) is 13.8 Å². The third-order valence-electron chi connectivity index (χ3n) is 3.24. The molecule has 0 aliphatic carbocycles. The number of nitrogens with two attached hydrogens (primary N) is 1. The van der Waals surface area contributed by atoms with Gasteiger partial charge in [0.15, 0.2) is 9.84 Å². The number of nitrogens with zero attached hydrogens (tertiary/aromatic N) is 1. The lowest BCUT2D eigenvalue weighted by atomic mass is 10.0. The van der Waals surface area contributed by atoms with E-state index in [-0.39, 0.29) is 23.8 Å². The molecule has 0 spiro atoms. The Hall–Kier alpha value is -1.15. The second-order valence-corrected chi connectivity index (χ2v) is 7.42. The first-order valence-electron chi connectivity index (χ1n) is 6.12. The Kier molecular flexibility index (Phi) is 4.92. The number of carbonyl (C=O) groups excluding carboxylic acids is 1. The highest BCUT2D eigenvalue weighted by atomic mass is 32.2. The van der Waals surface area contributed by atoms with Crippen molar-refractivity contribution in [2.75, 3.05) is 18.1 Å². The SMILES string of the molecule is CC(C)C(N)C(=O)N(CC(=O)O)C1CCS(=O)(=O)C1. The van der Waals surface area contributed by atoms with Crippen molar-refractivity contribution in [2.45, 2.75) is 32.4 Å². The second kappa shape index (κ2) is 5.87. The molecule has 3 N–H and O–H groups in total. The molecule has 0 bridgehead atoms. The van der Waals surface area contributed by atoms with Crippen LogP contribution in [0.1, 0.15) is 20.3 Å². The number of hydrogen-bond acceptors (Lipinski definition) is 5.